The zero-order valence-electron chi connectivity index (χ0n) is 11.1. The smallest absolute Gasteiger partial charge is 0.223 e. The Kier molecular flexibility index (Phi) is 9.30. The molecule has 0 fully saturated rings. The molecule has 0 saturated carbocycles. The van der Waals surface area contributed by atoms with Crippen molar-refractivity contribution in [2.75, 3.05) is 6.54 Å². The van der Waals surface area contributed by atoms with Crippen molar-refractivity contribution in [2.45, 2.75) is 65.3 Å². The molecular formula is C13H28N2O. The van der Waals surface area contributed by atoms with Crippen molar-refractivity contribution < 1.29 is 4.79 Å². The van der Waals surface area contributed by atoms with Gasteiger partial charge >= 0.3 is 0 Å². The summed E-state index contributed by atoms with van der Waals surface area (Å²) in [6.45, 7) is 6.88. The van der Waals surface area contributed by atoms with E-state index in [2.05, 4.69) is 19.2 Å². The van der Waals surface area contributed by atoms with Gasteiger partial charge in [-0.15, -0.1) is 0 Å². The summed E-state index contributed by atoms with van der Waals surface area (Å²) < 4.78 is 0. The van der Waals surface area contributed by atoms with E-state index in [9.17, 15) is 4.79 Å². The number of rotatable bonds is 9. The van der Waals surface area contributed by atoms with Crippen molar-refractivity contribution in [3.05, 3.63) is 0 Å². The third-order valence-electron chi connectivity index (χ3n) is 2.94. The molecular weight excluding hydrogens is 200 g/mol. The normalized spacial score (nSPS) is 14.5. The lowest BCUT2D eigenvalue weighted by atomic mass is 10.0. The first-order chi connectivity index (χ1) is 7.65. The Morgan fingerprint density at radius 2 is 1.88 bits per heavy atom. The summed E-state index contributed by atoms with van der Waals surface area (Å²) >= 11 is 0. The Labute approximate surface area is 100 Å². The van der Waals surface area contributed by atoms with Crippen molar-refractivity contribution in [3.8, 4) is 0 Å². The van der Waals surface area contributed by atoms with E-state index >= 15 is 0 Å². The fourth-order valence-corrected chi connectivity index (χ4v) is 1.81. The zero-order chi connectivity index (χ0) is 12.4. The molecule has 1 amide bonds. The van der Waals surface area contributed by atoms with Crippen molar-refractivity contribution in [2.24, 2.45) is 11.7 Å². The molecule has 16 heavy (non-hydrogen) atoms. The molecule has 0 aromatic rings. The van der Waals surface area contributed by atoms with Crippen LogP contribution in [0.3, 0.4) is 0 Å². The molecule has 3 N–H and O–H groups in total. The zero-order valence-corrected chi connectivity index (χ0v) is 11.1. The molecule has 0 bridgehead atoms. The molecule has 0 aliphatic heterocycles. The maximum absolute atomic E-state index is 11.8. The lowest BCUT2D eigenvalue weighted by Crippen LogP contribution is -2.38. The maximum atomic E-state index is 11.8. The Hall–Kier alpha value is -0.570. The van der Waals surface area contributed by atoms with Crippen molar-refractivity contribution in [3.63, 3.8) is 0 Å². The van der Waals surface area contributed by atoms with Crippen molar-refractivity contribution >= 4 is 5.91 Å². The van der Waals surface area contributed by atoms with E-state index in [-0.39, 0.29) is 11.8 Å². The molecule has 0 aliphatic rings. The minimum Gasteiger partial charge on any atom is -0.353 e. The van der Waals surface area contributed by atoms with Gasteiger partial charge in [-0.3, -0.25) is 4.79 Å². The SMILES string of the molecule is CCCCC(CCC)NC(=O)C(C)CCN. The number of amides is 1. The van der Waals surface area contributed by atoms with Gasteiger partial charge in [-0.1, -0.05) is 40.0 Å². The van der Waals surface area contributed by atoms with E-state index in [0.29, 0.717) is 12.6 Å². The summed E-state index contributed by atoms with van der Waals surface area (Å²) in [5.41, 5.74) is 5.46. The van der Waals surface area contributed by atoms with E-state index in [4.69, 9.17) is 5.73 Å². The van der Waals surface area contributed by atoms with E-state index in [1.54, 1.807) is 0 Å². The van der Waals surface area contributed by atoms with Crippen LogP contribution in [0.4, 0.5) is 0 Å². The number of carbonyl (C=O) groups is 1. The second kappa shape index (κ2) is 9.64. The summed E-state index contributed by atoms with van der Waals surface area (Å²) in [6, 6.07) is 0.359. The highest BCUT2D eigenvalue weighted by molar-refractivity contribution is 5.78. The largest absolute Gasteiger partial charge is 0.353 e. The molecule has 3 nitrogen and oxygen atoms in total. The van der Waals surface area contributed by atoms with Crippen LogP contribution in [0.2, 0.25) is 0 Å². The standard InChI is InChI=1S/C13H28N2O/c1-4-6-8-12(7-5-2)15-13(16)11(3)9-10-14/h11-12H,4-10,14H2,1-3H3,(H,15,16). The van der Waals surface area contributed by atoms with Gasteiger partial charge in [0, 0.05) is 12.0 Å². The predicted octanol–water partition coefficient (Wildman–Crippen LogP) is 2.45. The first kappa shape index (κ1) is 15.4. The first-order valence-corrected chi connectivity index (χ1v) is 6.66. The number of nitrogens with one attached hydrogen (secondary N) is 1. The van der Waals surface area contributed by atoms with Crippen molar-refractivity contribution in [1.82, 2.24) is 5.32 Å². The summed E-state index contributed by atoms with van der Waals surface area (Å²) in [5.74, 6) is 0.214. The van der Waals surface area contributed by atoms with Crippen LogP contribution >= 0.6 is 0 Å². The highest BCUT2D eigenvalue weighted by Gasteiger charge is 2.16. The fourth-order valence-electron chi connectivity index (χ4n) is 1.81. The summed E-state index contributed by atoms with van der Waals surface area (Å²) in [7, 11) is 0. The number of hydrogen-bond donors (Lipinski definition) is 2. The van der Waals surface area contributed by atoms with Crippen LogP contribution < -0.4 is 11.1 Å². The molecule has 0 heterocycles. The van der Waals surface area contributed by atoms with E-state index in [0.717, 1.165) is 25.7 Å². The van der Waals surface area contributed by atoms with E-state index < -0.39 is 0 Å². The molecule has 2 atom stereocenters. The van der Waals surface area contributed by atoms with Gasteiger partial charge in [0.2, 0.25) is 5.91 Å². The average Bonchev–Trinajstić information content (AvgIpc) is 2.26. The Bertz CT molecular complexity index is 183. The minimum atomic E-state index is 0.0472. The predicted molar refractivity (Wildman–Crippen MR) is 69.2 cm³/mol. The Balaban J connectivity index is 4.00. The van der Waals surface area contributed by atoms with Crippen LogP contribution in [-0.2, 0) is 4.79 Å². The molecule has 0 spiro atoms. The van der Waals surface area contributed by atoms with Gasteiger partial charge in [0.15, 0.2) is 0 Å². The van der Waals surface area contributed by atoms with Gasteiger partial charge in [0.1, 0.15) is 0 Å². The third-order valence-corrected chi connectivity index (χ3v) is 2.94. The molecule has 0 aromatic heterocycles. The summed E-state index contributed by atoms with van der Waals surface area (Å²) in [6.07, 6.45) is 6.47. The van der Waals surface area contributed by atoms with Crippen LogP contribution in [0.25, 0.3) is 0 Å². The molecule has 0 rings (SSSR count). The average molecular weight is 228 g/mol. The maximum Gasteiger partial charge on any atom is 0.223 e. The molecule has 0 saturated heterocycles. The fraction of sp³-hybridized carbons (Fsp3) is 0.923. The van der Waals surface area contributed by atoms with E-state index in [1.165, 1.54) is 12.8 Å². The topological polar surface area (TPSA) is 55.1 Å². The van der Waals surface area contributed by atoms with Crippen molar-refractivity contribution in [1.29, 1.82) is 0 Å². The van der Waals surface area contributed by atoms with Crippen LogP contribution in [0, 0.1) is 5.92 Å². The number of unbranched alkanes of at least 4 members (excludes halogenated alkanes) is 1. The summed E-state index contributed by atoms with van der Waals surface area (Å²) in [4.78, 5) is 11.8. The summed E-state index contributed by atoms with van der Waals surface area (Å²) in [5, 5.41) is 3.14. The van der Waals surface area contributed by atoms with Crippen LogP contribution in [0.15, 0.2) is 0 Å². The second-order valence-electron chi connectivity index (χ2n) is 4.61. The highest BCUT2D eigenvalue weighted by atomic mass is 16.1. The van der Waals surface area contributed by atoms with Crippen LogP contribution in [0.1, 0.15) is 59.3 Å². The lowest BCUT2D eigenvalue weighted by Gasteiger charge is -2.20. The van der Waals surface area contributed by atoms with Gasteiger partial charge in [-0.05, 0) is 25.8 Å². The second-order valence-corrected chi connectivity index (χ2v) is 4.61. The quantitative estimate of drug-likeness (QED) is 0.637. The van der Waals surface area contributed by atoms with Crippen LogP contribution in [-0.4, -0.2) is 18.5 Å². The minimum absolute atomic E-state index is 0.0472. The number of hydrogen-bond acceptors (Lipinski definition) is 2. The molecule has 0 radical (unpaired) electrons. The highest BCUT2D eigenvalue weighted by Crippen LogP contribution is 2.09. The Morgan fingerprint density at radius 3 is 2.38 bits per heavy atom. The number of nitrogens with two attached hydrogens (primary N) is 1. The molecule has 96 valence electrons. The third kappa shape index (κ3) is 6.83. The molecule has 3 heteroatoms. The molecule has 0 aliphatic carbocycles. The van der Waals surface area contributed by atoms with Gasteiger partial charge in [-0.2, -0.15) is 0 Å². The molecule has 0 aromatic carbocycles. The molecule has 2 unspecified atom stereocenters. The van der Waals surface area contributed by atoms with Gasteiger partial charge in [0.25, 0.3) is 0 Å². The van der Waals surface area contributed by atoms with Gasteiger partial charge in [0.05, 0.1) is 0 Å². The van der Waals surface area contributed by atoms with Gasteiger partial charge < -0.3 is 11.1 Å². The first-order valence-electron chi connectivity index (χ1n) is 6.66. The van der Waals surface area contributed by atoms with Crippen LogP contribution in [0.5, 0.6) is 0 Å². The van der Waals surface area contributed by atoms with E-state index in [1.807, 2.05) is 6.92 Å². The Morgan fingerprint density at radius 1 is 1.19 bits per heavy atom. The monoisotopic (exact) mass is 228 g/mol. The number of carbonyl (C=O) groups excluding carboxylic acids is 1. The van der Waals surface area contributed by atoms with Gasteiger partial charge in [-0.25, -0.2) is 0 Å². The lowest BCUT2D eigenvalue weighted by molar-refractivity contribution is -0.125.